The van der Waals surface area contributed by atoms with Gasteiger partial charge in [-0.3, -0.25) is 0 Å². The molecule has 0 aliphatic rings. The van der Waals surface area contributed by atoms with Gasteiger partial charge in [0.05, 0.1) is 6.33 Å². The van der Waals surface area contributed by atoms with Crippen LogP contribution in [0.1, 0.15) is 31.4 Å². The van der Waals surface area contributed by atoms with Crippen molar-refractivity contribution in [1.29, 1.82) is 0 Å². The normalized spacial score (nSPS) is 12.8. The van der Waals surface area contributed by atoms with Gasteiger partial charge in [-0.15, -0.1) is 0 Å². The molecule has 1 aromatic carbocycles. The Labute approximate surface area is 127 Å². The Hall–Kier alpha value is -1.65. The Bertz CT molecular complexity index is 502. The summed E-state index contributed by atoms with van der Waals surface area (Å²) in [5.74, 6) is 0. The summed E-state index contributed by atoms with van der Waals surface area (Å²) in [5, 5.41) is 3.59. The summed E-state index contributed by atoms with van der Waals surface area (Å²) in [7, 11) is 4.25. The van der Waals surface area contributed by atoms with E-state index in [-0.39, 0.29) is 0 Å². The first-order valence-electron chi connectivity index (χ1n) is 7.63. The van der Waals surface area contributed by atoms with E-state index in [4.69, 9.17) is 0 Å². The average Bonchev–Trinajstić information content (AvgIpc) is 3.01. The lowest BCUT2D eigenvalue weighted by Gasteiger charge is -2.15. The Morgan fingerprint density at radius 2 is 1.95 bits per heavy atom. The first-order chi connectivity index (χ1) is 10.2. The smallest absolute Gasteiger partial charge is 0.0991 e. The number of rotatable bonds is 8. The molecule has 1 aromatic heterocycles. The van der Waals surface area contributed by atoms with E-state index in [9.17, 15) is 0 Å². The minimum atomic E-state index is 0.390. The minimum Gasteiger partial charge on any atom is -0.310 e. The quantitative estimate of drug-likeness (QED) is 0.758. The van der Waals surface area contributed by atoms with Crippen molar-refractivity contribution in [1.82, 2.24) is 19.8 Å². The lowest BCUT2D eigenvalue weighted by atomic mass is 10.1. The molecule has 0 fully saturated rings. The third kappa shape index (κ3) is 4.99. The van der Waals surface area contributed by atoms with Gasteiger partial charge in [0.2, 0.25) is 0 Å². The van der Waals surface area contributed by atoms with E-state index in [0.29, 0.717) is 6.04 Å². The Kier molecular flexibility index (Phi) is 5.96. The third-order valence-corrected chi connectivity index (χ3v) is 3.68. The summed E-state index contributed by atoms with van der Waals surface area (Å²) >= 11 is 0. The highest BCUT2D eigenvalue weighted by Gasteiger charge is 2.04. The molecule has 0 aliphatic heterocycles. The van der Waals surface area contributed by atoms with E-state index in [1.54, 1.807) is 6.20 Å². The third-order valence-electron chi connectivity index (χ3n) is 3.68. The molecule has 1 unspecified atom stereocenters. The van der Waals surface area contributed by atoms with Crippen LogP contribution in [0.15, 0.2) is 43.0 Å². The second kappa shape index (κ2) is 7.96. The fourth-order valence-electron chi connectivity index (χ4n) is 2.34. The summed E-state index contributed by atoms with van der Waals surface area (Å²) in [5.41, 5.74) is 2.47. The van der Waals surface area contributed by atoms with Crippen molar-refractivity contribution in [2.75, 3.05) is 27.2 Å². The molecular formula is C17H26N4. The van der Waals surface area contributed by atoms with Crippen molar-refractivity contribution in [2.24, 2.45) is 0 Å². The number of nitrogens with zero attached hydrogens (tertiary/aromatic N) is 3. The minimum absolute atomic E-state index is 0.390. The van der Waals surface area contributed by atoms with Crippen LogP contribution in [-0.2, 0) is 0 Å². The fraction of sp³-hybridized carbons (Fsp3) is 0.471. The topological polar surface area (TPSA) is 33.1 Å². The maximum atomic E-state index is 4.07. The molecule has 0 amide bonds. The molecule has 21 heavy (non-hydrogen) atoms. The van der Waals surface area contributed by atoms with Crippen molar-refractivity contribution in [3.05, 3.63) is 48.5 Å². The van der Waals surface area contributed by atoms with Crippen LogP contribution >= 0.6 is 0 Å². The van der Waals surface area contributed by atoms with E-state index >= 15 is 0 Å². The van der Waals surface area contributed by atoms with Gasteiger partial charge in [-0.1, -0.05) is 12.1 Å². The summed E-state index contributed by atoms with van der Waals surface area (Å²) in [6.45, 7) is 4.45. The van der Waals surface area contributed by atoms with Gasteiger partial charge in [0, 0.05) is 24.1 Å². The second-order valence-electron chi connectivity index (χ2n) is 5.75. The predicted molar refractivity (Wildman–Crippen MR) is 87.8 cm³/mol. The van der Waals surface area contributed by atoms with Crippen LogP contribution in [0.2, 0.25) is 0 Å². The van der Waals surface area contributed by atoms with E-state index in [2.05, 4.69) is 60.5 Å². The van der Waals surface area contributed by atoms with Crippen LogP contribution in [-0.4, -0.2) is 41.6 Å². The molecule has 4 nitrogen and oxygen atoms in total. The number of benzene rings is 1. The van der Waals surface area contributed by atoms with Crippen LogP contribution < -0.4 is 5.32 Å². The molecule has 2 aromatic rings. The number of aromatic nitrogens is 2. The zero-order valence-electron chi connectivity index (χ0n) is 13.3. The molecule has 0 bridgehead atoms. The van der Waals surface area contributed by atoms with Gasteiger partial charge >= 0.3 is 0 Å². The van der Waals surface area contributed by atoms with E-state index in [1.807, 2.05) is 17.1 Å². The van der Waals surface area contributed by atoms with Crippen molar-refractivity contribution in [2.45, 2.75) is 25.8 Å². The van der Waals surface area contributed by atoms with Crippen LogP contribution in [0.5, 0.6) is 0 Å². The monoisotopic (exact) mass is 286 g/mol. The molecule has 0 saturated heterocycles. The van der Waals surface area contributed by atoms with Gasteiger partial charge in [-0.25, -0.2) is 4.98 Å². The fourth-order valence-corrected chi connectivity index (χ4v) is 2.34. The van der Waals surface area contributed by atoms with E-state index in [1.165, 1.54) is 18.4 Å². The van der Waals surface area contributed by atoms with Gasteiger partial charge in [0.1, 0.15) is 0 Å². The molecule has 0 radical (unpaired) electrons. The predicted octanol–water partition coefficient (Wildman–Crippen LogP) is 2.86. The Morgan fingerprint density at radius 1 is 1.19 bits per heavy atom. The van der Waals surface area contributed by atoms with Gasteiger partial charge in [-0.2, -0.15) is 0 Å². The molecule has 2 rings (SSSR count). The number of nitrogens with one attached hydrogen (secondary N) is 1. The van der Waals surface area contributed by atoms with Crippen molar-refractivity contribution in [3.63, 3.8) is 0 Å². The van der Waals surface area contributed by atoms with Crippen LogP contribution in [0.25, 0.3) is 5.69 Å². The van der Waals surface area contributed by atoms with Gasteiger partial charge in [0.25, 0.3) is 0 Å². The molecule has 1 N–H and O–H groups in total. The molecule has 1 heterocycles. The second-order valence-corrected chi connectivity index (χ2v) is 5.75. The van der Waals surface area contributed by atoms with Crippen LogP contribution in [0, 0.1) is 0 Å². The largest absolute Gasteiger partial charge is 0.310 e. The molecule has 114 valence electrons. The van der Waals surface area contributed by atoms with E-state index in [0.717, 1.165) is 18.8 Å². The molecule has 1 atom stereocenters. The summed E-state index contributed by atoms with van der Waals surface area (Å²) < 4.78 is 2.02. The molecule has 0 aliphatic carbocycles. The summed E-state index contributed by atoms with van der Waals surface area (Å²) in [6.07, 6.45) is 8.04. The summed E-state index contributed by atoms with van der Waals surface area (Å²) in [6, 6.07) is 9.04. The maximum Gasteiger partial charge on any atom is 0.0991 e. The molecule has 0 spiro atoms. The lowest BCUT2D eigenvalue weighted by molar-refractivity contribution is 0.389. The zero-order valence-corrected chi connectivity index (χ0v) is 13.3. The lowest BCUT2D eigenvalue weighted by Crippen LogP contribution is -2.21. The van der Waals surface area contributed by atoms with Crippen LogP contribution in [0.3, 0.4) is 0 Å². The highest BCUT2D eigenvalue weighted by Crippen LogP contribution is 2.15. The zero-order chi connectivity index (χ0) is 15.1. The molecular weight excluding hydrogens is 260 g/mol. The van der Waals surface area contributed by atoms with Gasteiger partial charge < -0.3 is 14.8 Å². The van der Waals surface area contributed by atoms with Crippen LogP contribution in [0.4, 0.5) is 0 Å². The number of hydrogen-bond donors (Lipinski definition) is 1. The SMILES string of the molecule is CC(NCCCCN(C)C)c1ccc(-n2ccnc2)cc1. The first-order valence-corrected chi connectivity index (χ1v) is 7.63. The van der Waals surface area contributed by atoms with Crippen molar-refractivity contribution >= 4 is 0 Å². The highest BCUT2D eigenvalue weighted by atomic mass is 15.0. The Balaban J connectivity index is 1.79. The number of hydrogen-bond acceptors (Lipinski definition) is 3. The molecule has 4 heteroatoms. The maximum absolute atomic E-state index is 4.07. The van der Waals surface area contributed by atoms with Crippen molar-refractivity contribution < 1.29 is 0 Å². The van der Waals surface area contributed by atoms with Gasteiger partial charge in [-0.05, 0) is 64.6 Å². The standard InChI is InChI=1S/C17H26N4/c1-15(19-10-4-5-12-20(2)3)16-6-8-17(9-7-16)21-13-11-18-14-21/h6-9,11,13-15,19H,4-5,10,12H2,1-3H3. The van der Waals surface area contributed by atoms with Crippen molar-refractivity contribution in [3.8, 4) is 5.69 Å². The number of unbranched alkanes of at least 4 members (excludes halogenated alkanes) is 1. The Morgan fingerprint density at radius 3 is 2.57 bits per heavy atom. The van der Waals surface area contributed by atoms with Gasteiger partial charge in [0.15, 0.2) is 0 Å². The highest BCUT2D eigenvalue weighted by molar-refractivity contribution is 5.35. The summed E-state index contributed by atoms with van der Waals surface area (Å²) in [4.78, 5) is 6.31. The molecule has 0 saturated carbocycles. The van der Waals surface area contributed by atoms with E-state index < -0.39 is 0 Å². The first kappa shape index (κ1) is 15.7. The number of imidazole rings is 1. The average molecular weight is 286 g/mol.